The van der Waals surface area contributed by atoms with Gasteiger partial charge in [0.05, 0.1) is 5.56 Å². The zero-order chi connectivity index (χ0) is 29.9. The number of nitrogens with zero attached hydrogens (tertiary/aromatic N) is 1. The second kappa shape index (κ2) is 11.9. The van der Waals surface area contributed by atoms with Crippen LogP contribution in [0, 0.1) is 0 Å². The van der Waals surface area contributed by atoms with Crippen molar-refractivity contribution in [2.75, 3.05) is 0 Å². The van der Waals surface area contributed by atoms with Crippen molar-refractivity contribution in [3.05, 3.63) is 125 Å². The van der Waals surface area contributed by atoms with Gasteiger partial charge < -0.3 is 14.8 Å². The molecule has 0 spiro atoms. The van der Waals surface area contributed by atoms with Crippen molar-refractivity contribution in [3.63, 3.8) is 0 Å². The van der Waals surface area contributed by atoms with Crippen LogP contribution in [0.4, 0.5) is 13.2 Å². The summed E-state index contributed by atoms with van der Waals surface area (Å²) in [5.74, 6) is -2.14. The van der Waals surface area contributed by atoms with E-state index in [0.29, 0.717) is 16.1 Å². The number of rotatable bonds is 8. The molecule has 0 radical (unpaired) electrons. The summed E-state index contributed by atoms with van der Waals surface area (Å²) in [5, 5.41) is 12.8. The monoisotopic (exact) mass is 590 g/mol. The molecular formula is C32H22ClF3N2O4. The molecule has 4 aromatic carbocycles. The van der Waals surface area contributed by atoms with Gasteiger partial charge in [-0.1, -0.05) is 78.3 Å². The number of aliphatic carboxylic acids is 1. The number of carbonyl (C=O) groups is 2. The highest BCUT2D eigenvalue weighted by Crippen LogP contribution is 2.34. The molecule has 0 aliphatic heterocycles. The van der Waals surface area contributed by atoms with E-state index in [1.165, 1.54) is 12.1 Å². The van der Waals surface area contributed by atoms with Gasteiger partial charge in [0, 0.05) is 22.6 Å². The highest BCUT2D eigenvalue weighted by molar-refractivity contribution is 6.30. The van der Waals surface area contributed by atoms with Crippen LogP contribution < -0.4 is 5.32 Å². The van der Waals surface area contributed by atoms with Crippen molar-refractivity contribution < 1.29 is 32.3 Å². The molecule has 0 unspecified atom stereocenters. The standard InChI is InChI=1S/C32H22ClF3N2O4/c33-25-16-6-19(7-17-25)18-26(31(40)41)37-29(39)27-28(22-10-8-21(9-11-22)20-4-2-1-3-5-20)42-30(38-27)23-12-14-24(15-13-23)32(34,35)36/h1-17,26H,18H2,(H,37,39)(H,40,41)/t26-/m0/s1. The Hall–Kier alpha value is -4.89. The number of aromatic nitrogens is 1. The van der Waals surface area contributed by atoms with E-state index < -0.39 is 29.7 Å². The van der Waals surface area contributed by atoms with Gasteiger partial charge in [-0.25, -0.2) is 9.78 Å². The summed E-state index contributed by atoms with van der Waals surface area (Å²) in [6.45, 7) is 0. The van der Waals surface area contributed by atoms with E-state index in [9.17, 15) is 27.9 Å². The van der Waals surface area contributed by atoms with E-state index in [2.05, 4.69) is 10.3 Å². The van der Waals surface area contributed by atoms with Gasteiger partial charge >= 0.3 is 12.1 Å². The van der Waals surface area contributed by atoms with Crippen LogP contribution in [0.3, 0.4) is 0 Å². The van der Waals surface area contributed by atoms with E-state index in [4.69, 9.17) is 16.0 Å². The van der Waals surface area contributed by atoms with Crippen LogP contribution in [0.1, 0.15) is 21.6 Å². The number of nitrogens with one attached hydrogen (secondary N) is 1. The van der Waals surface area contributed by atoms with Crippen LogP contribution in [0.25, 0.3) is 33.9 Å². The molecule has 2 N–H and O–H groups in total. The maximum atomic E-state index is 13.4. The van der Waals surface area contributed by atoms with Crippen molar-refractivity contribution >= 4 is 23.5 Å². The zero-order valence-corrected chi connectivity index (χ0v) is 22.5. The average Bonchev–Trinajstić information content (AvgIpc) is 3.44. The maximum Gasteiger partial charge on any atom is 0.416 e. The van der Waals surface area contributed by atoms with Gasteiger partial charge in [-0.05, 0) is 53.1 Å². The molecule has 10 heteroatoms. The van der Waals surface area contributed by atoms with Crippen molar-refractivity contribution in [1.29, 1.82) is 0 Å². The molecule has 0 bridgehead atoms. The van der Waals surface area contributed by atoms with E-state index in [-0.39, 0.29) is 29.3 Å². The van der Waals surface area contributed by atoms with Gasteiger partial charge in [0.1, 0.15) is 6.04 Å². The minimum atomic E-state index is -4.53. The number of oxazole rings is 1. The van der Waals surface area contributed by atoms with Crippen LogP contribution >= 0.6 is 11.6 Å². The number of halogens is 4. The summed E-state index contributed by atoms with van der Waals surface area (Å²) in [6, 6.07) is 26.1. The van der Waals surface area contributed by atoms with Crippen LogP contribution in [-0.4, -0.2) is 28.0 Å². The summed E-state index contributed by atoms with van der Waals surface area (Å²) in [5.41, 5.74) is 2.13. The van der Waals surface area contributed by atoms with E-state index in [1.807, 2.05) is 42.5 Å². The molecule has 0 fully saturated rings. The van der Waals surface area contributed by atoms with Gasteiger partial charge in [0.15, 0.2) is 11.5 Å². The minimum Gasteiger partial charge on any atom is -0.480 e. The predicted octanol–water partition coefficient (Wildman–Crippen LogP) is 7.77. The summed E-state index contributed by atoms with van der Waals surface area (Å²) >= 11 is 5.92. The first-order valence-electron chi connectivity index (χ1n) is 12.7. The van der Waals surface area contributed by atoms with Gasteiger partial charge in [-0.2, -0.15) is 13.2 Å². The van der Waals surface area contributed by atoms with Crippen LogP contribution in [-0.2, 0) is 17.4 Å². The molecule has 5 rings (SSSR count). The Morgan fingerprint density at radius 3 is 1.98 bits per heavy atom. The lowest BCUT2D eigenvalue weighted by Crippen LogP contribution is -2.42. The minimum absolute atomic E-state index is 0.0248. The lowest BCUT2D eigenvalue weighted by atomic mass is 10.0. The Kier molecular flexibility index (Phi) is 8.13. The molecular weight excluding hydrogens is 569 g/mol. The summed E-state index contributed by atoms with van der Waals surface area (Å²) < 4.78 is 45.2. The van der Waals surface area contributed by atoms with Crippen molar-refractivity contribution in [3.8, 4) is 33.9 Å². The Labute approximate surface area is 243 Å². The first kappa shape index (κ1) is 28.6. The summed E-state index contributed by atoms with van der Waals surface area (Å²) in [7, 11) is 0. The Bertz CT molecular complexity index is 1700. The first-order valence-corrected chi connectivity index (χ1v) is 13.1. The molecule has 1 aromatic heterocycles. The van der Waals surface area contributed by atoms with Gasteiger partial charge in [0.25, 0.3) is 5.91 Å². The third-order valence-corrected chi connectivity index (χ3v) is 6.76. The quantitative estimate of drug-likeness (QED) is 0.193. The molecule has 42 heavy (non-hydrogen) atoms. The average molecular weight is 591 g/mol. The lowest BCUT2D eigenvalue weighted by molar-refractivity contribution is -0.139. The third-order valence-electron chi connectivity index (χ3n) is 6.51. The van der Waals surface area contributed by atoms with Gasteiger partial charge in [-0.3, -0.25) is 4.79 Å². The first-order chi connectivity index (χ1) is 20.1. The summed E-state index contributed by atoms with van der Waals surface area (Å²) in [6.07, 6.45) is -4.55. The number of hydrogen-bond acceptors (Lipinski definition) is 4. The smallest absolute Gasteiger partial charge is 0.416 e. The highest BCUT2D eigenvalue weighted by atomic mass is 35.5. The molecule has 5 aromatic rings. The number of amides is 1. The Morgan fingerprint density at radius 1 is 0.810 bits per heavy atom. The maximum absolute atomic E-state index is 13.4. The second-order valence-electron chi connectivity index (χ2n) is 9.41. The molecule has 0 saturated carbocycles. The number of hydrogen-bond donors (Lipinski definition) is 2. The molecule has 212 valence electrons. The van der Waals surface area contributed by atoms with Crippen LogP contribution in [0.5, 0.6) is 0 Å². The SMILES string of the molecule is O=C(N[C@@H](Cc1ccc(Cl)cc1)C(=O)O)c1nc(-c2ccc(C(F)(F)F)cc2)oc1-c1ccc(-c2ccccc2)cc1. The van der Waals surface area contributed by atoms with E-state index in [1.54, 1.807) is 36.4 Å². The number of alkyl halides is 3. The Morgan fingerprint density at radius 2 is 1.38 bits per heavy atom. The molecule has 1 amide bonds. The van der Waals surface area contributed by atoms with E-state index in [0.717, 1.165) is 23.3 Å². The van der Waals surface area contributed by atoms with Crippen molar-refractivity contribution in [1.82, 2.24) is 10.3 Å². The largest absolute Gasteiger partial charge is 0.480 e. The summed E-state index contributed by atoms with van der Waals surface area (Å²) in [4.78, 5) is 29.8. The van der Waals surface area contributed by atoms with Crippen LogP contribution in [0.15, 0.2) is 108 Å². The second-order valence-corrected chi connectivity index (χ2v) is 9.85. The lowest BCUT2D eigenvalue weighted by Gasteiger charge is -2.14. The number of carboxylic acids is 1. The number of carbonyl (C=O) groups excluding carboxylic acids is 1. The van der Waals surface area contributed by atoms with Crippen LogP contribution in [0.2, 0.25) is 5.02 Å². The molecule has 0 aliphatic carbocycles. The molecule has 1 heterocycles. The fourth-order valence-corrected chi connectivity index (χ4v) is 4.45. The van der Waals surface area contributed by atoms with Crippen molar-refractivity contribution in [2.24, 2.45) is 0 Å². The zero-order valence-electron chi connectivity index (χ0n) is 21.7. The fourth-order valence-electron chi connectivity index (χ4n) is 4.32. The van der Waals surface area contributed by atoms with E-state index >= 15 is 0 Å². The highest BCUT2D eigenvalue weighted by Gasteiger charge is 2.31. The molecule has 1 atom stereocenters. The number of carboxylic acid groups (broad SMARTS) is 1. The van der Waals surface area contributed by atoms with Gasteiger partial charge in [-0.15, -0.1) is 0 Å². The molecule has 6 nitrogen and oxygen atoms in total. The Balaban J connectivity index is 1.50. The third kappa shape index (κ3) is 6.53. The van der Waals surface area contributed by atoms with Crippen molar-refractivity contribution in [2.45, 2.75) is 18.6 Å². The number of benzene rings is 4. The normalized spacial score (nSPS) is 12.1. The fraction of sp³-hybridized carbons (Fsp3) is 0.0938. The van der Waals surface area contributed by atoms with Gasteiger partial charge in [0.2, 0.25) is 5.89 Å². The topological polar surface area (TPSA) is 92.4 Å². The predicted molar refractivity (Wildman–Crippen MR) is 152 cm³/mol. The molecule has 0 aliphatic rings. The molecule has 0 saturated heterocycles.